The molecule has 0 aliphatic heterocycles. The summed E-state index contributed by atoms with van der Waals surface area (Å²) in [4.78, 5) is 34.9. The number of unbranched alkanes of at least 4 members (excludes halogenated alkanes) is 18. The molecular formula is C41H73O10P. The first kappa shape index (κ1) is 49.9. The fourth-order valence-electron chi connectivity index (χ4n) is 5.24. The van der Waals surface area contributed by atoms with Crippen LogP contribution < -0.4 is 0 Å². The Bertz CT molecular complexity index is 1010. The summed E-state index contributed by atoms with van der Waals surface area (Å²) in [5.41, 5.74) is 0. The molecule has 52 heavy (non-hydrogen) atoms. The minimum atomic E-state index is -4.62. The topological polar surface area (TPSA) is 149 Å². The molecule has 0 rings (SSSR count). The van der Waals surface area contributed by atoms with Crippen LogP contribution in [-0.2, 0) is 32.7 Å². The van der Waals surface area contributed by atoms with E-state index in [-0.39, 0.29) is 19.4 Å². The highest BCUT2D eigenvalue weighted by Crippen LogP contribution is 2.43. The van der Waals surface area contributed by atoms with Crippen molar-refractivity contribution in [3.05, 3.63) is 48.6 Å². The van der Waals surface area contributed by atoms with Gasteiger partial charge < -0.3 is 24.6 Å². The molecule has 0 bridgehead atoms. The Morgan fingerprint density at radius 1 is 0.596 bits per heavy atom. The third kappa shape index (κ3) is 36.3. The maximum absolute atomic E-state index is 12.5. The molecule has 0 radical (unpaired) electrons. The predicted octanol–water partition coefficient (Wildman–Crippen LogP) is 10.2. The molecule has 0 amide bonds. The van der Waals surface area contributed by atoms with E-state index in [0.717, 1.165) is 44.9 Å². The maximum Gasteiger partial charge on any atom is 0.472 e. The molecule has 0 aliphatic rings. The normalized spacial score (nSPS) is 14.5. The average Bonchev–Trinajstić information content (AvgIpc) is 3.13. The van der Waals surface area contributed by atoms with Gasteiger partial charge in [-0.15, -0.1) is 0 Å². The first-order chi connectivity index (χ1) is 25.2. The first-order valence-corrected chi connectivity index (χ1v) is 21.6. The number of carbonyl (C=O) groups excluding carboxylic acids is 2. The van der Waals surface area contributed by atoms with Crippen LogP contribution in [0.2, 0.25) is 0 Å². The highest BCUT2D eigenvalue weighted by Gasteiger charge is 2.27. The summed E-state index contributed by atoms with van der Waals surface area (Å²) in [6, 6.07) is 0. The molecule has 2 unspecified atom stereocenters. The van der Waals surface area contributed by atoms with E-state index in [9.17, 15) is 24.2 Å². The summed E-state index contributed by atoms with van der Waals surface area (Å²) in [7, 11) is -4.62. The molecule has 0 saturated carbocycles. The van der Waals surface area contributed by atoms with Crippen molar-refractivity contribution in [1.82, 2.24) is 0 Å². The van der Waals surface area contributed by atoms with Gasteiger partial charge in [-0.05, 0) is 32.1 Å². The van der Waals surface area contributed by atoms with Crippen LogP contribution in [-0.4, -0.2) is 65.7 Å². The van der Waals surface area contributed by atoms with E-state index in [1.807, 2.05) is 36.5 Å². The lowest BCUT2D eigenvalue weighted by Crippen LogP contribution is -2.29. The molecule has 0 spiro atoms. The summed E-state index contributed by atoms with van der Waals surface area (Å²) in [6.45, 7) is 2.18. The molecule has 0 fully saturated rings. The Morgan fingerprint density at radius 2 is 1.06 bits per heavy atom. The van der Waals surface area contributed by atoms with Gasteiger partial charge in [0.25, 0.3) is 0 Å². The van der Waals surface area contributed by atoms with E-state index in [0.29, 0.717) is 12.8 Å². The van der Waals surface area contributed by atoms with Crippen LogP contribution in [0.25, 0.3) is 0 Å². The Morgan fingerprint density at radius 3 is 1.60 bits per heavy atom. The van der Waals surface area contributed by atoms with Crippen molar-refractivity contribution in [3.8, 4) is 0 Å². The van der Waals surface area contributed by atoms with Crippen LogP contribution in [0.1, 0.15) is 162 Å². The van der Waals surface area contributed by atoms with Crippen LogP contribution in [0.5, 0.6) is 0 Å². The first-order valence-electron chi connectivity index (χ1n) is 20.1. The van der Waals surface area contributed by atoms with Crippen LogP contribution in [0, 0.1) is 0 Å². The molecule has 0 heterocycles. The molecule has 11 heteroatoms. The van der Waals surface area contributed by atoms with Crippen molar-refractivity contribution in [2.24, 2.45) is 0 Å². The molecule has 0 aromatic carbocycles. The molecule has 0 aliphatic carbocycles. The molecule has 10 nitrogen and oxygen atoms in total. The number of allylic oxidation sites excluding steroid dienone is 8. The number of hydrogen-bond acceptors (Lipinski definition) is 9. The smallest absolute Gasteiger partial charge is 0.462 e. The zero-order chi connectivity index (χ0) is 38.4. The highest BCUT2D eigenvalue weighted by molar-refractivity contribution is 7.47. The summed E-state index contributed by atoms with van der Waals surface area (Å²) < 4.78 is 32.6. The van der Waals surface area contributed by atoms with E-state index < -0.39 is 51.8 Å². The fraction of sp³-hybridized carbons (Fsp3) is 0.756. The Hall–Kier alpha value is -2.07. The van der Waals surface area contributed by atoms with Crippen LogP contribution in [0.4, 0.5) is 0 Å². The number of phosphoric acid groups is 1. The molecule has 0 saturated heterocycles. The molecule has 0 aromatic rings. The average molecular weight is 757 g/mol. The van der Waals surface area contributed by atoms with Crippen LogP contribution in [0.15, 0.2) is 48.6 Å². The minimum absolute atomic E-state index is 0.138. The third-order valence-electron chi connectivity index (χ3n) is 8.34. The van der Waals surface area contributed by atoms with Crippen LogP contribution in [0.3, 0.4) is 0 Å². The molecule has 302 valence electrons. The SMILES string of the molecule is CC/C=C/C=C/C=C/C=C/CCCCCC(=O)OC(COC(=O)CCCCCCCCCCCCCCCCCC)COP(=O)(O)OC[C@@H](O)CO. The second-order valence-corrected chi connectivity index (χ2v) is 14.8. The Labute approximate surface area is 315 Å². The number of hydrogen-bond donors (Lipinski definition) is 3. The van der Waals surface area contributed by atoms with Gasteiger partial charge in [-0.1, -0.05) is 165 Å². The number of ether oxygens (including phenoxy) is 2. The second-order valence-electron chi connectivity index (χ2n) is 13.4. The zero-order valence-corrected chi connectivity index (χ0v) is 33.4. The van der Waals surface area contributed by atoms with Gasteiger partial charge in [0.15, 0.2) is 6.10 Å². The summed E-state index contributed by atoms with van der Waals surface area (Å²) in [5.74, 6) is -0.970. The molecule has 3 N–H and O–H groups in total. The zero-order valence-electron chi connectivity index (χ0n) is 32.5. The van der Waals surface area contributed by atoms with Gasteiger partial charge in [0.2, 0.25) is 0 Å². The quantitative estimate of drug-likeness (QED) is 0.0242. The largest absolute Gasteiger partial charge is 0.472 e. The van der Waals surface area contributed by atoms with Crippen molar-refractivity contribution in [1.29, 1.82) is 0 Å². The standard InChI is InChI=1S/C41H73O10P/c1-3-5-7-9-11-13-15-17-18-19-21-22-24-26-28-30-32-40(44)48-36-39(37-50-52(46,47)49-35-38(43)34-42)51-41(45)33-31-29-27-25-23-20-16-14-12-10-8-6-4-2/h6,8,10,12,14,16,20,23,38-39,42-43H,3-5,7,9,11,13,15,17-19,21-22,24-37H2,1-2H3,(H,46,47)/b8-6+,12-10+,16-14+,23-20+/t38-,39?/m0/s1. The van der Waals surface area contributed by atoms with Gasteiger partial charge in [0, 0.05) is 12.8 Å². The van der Waals surface area contributed by atoms with Gasteiger partial charge in [-0.3, -0.25) is 18.6 Å². The van der Waals surface area contributed by atoms with Gasteiger partial charge in [0.05, 0.1) is 19.8 Å². The van der Waals surface area contributed by atoms with Crippen molar-refractivity contribution >= 4 is 19.8 Å². The Kier molecular flexibility index (Phi) is 35.8. The van der Waals surface area contributed by atoms with Crippen molar-refractivity contribution < 1.29 is 47.8 Å². The number of aliphatic hydroxyl groups excluding tert-OH is 2. The number of phosphoric ester groups is 1. The lowest BCUT2D eigenvalue weighted by Gasteiger charge is -2.20. The van der Waals surface area contributed by atoms with Crippen molar-refractivity contribution in [3.63, 3.8) is 0 Å². The van der Waals surface area contributed by atoms with Gasteiger partial charge in [-0.2, -0.15) is 0 Å². The van der Waals surface area contributed by atoms with E-state index in [2.05, 4.69) is 30.5 Å². The molecule has 0 aromatic heterocycles. The number of esters is 2. The Balaban J connectivity index is 4.37. The van der Waals surface area contributed by atoms with Crippen molar-refractivity contribution in [2.45, 2.75) is 174 Å². The summed E-state index contributed by atoms with van der Waals surface area (Å²) >= 11 is 0. The maximum atomic E-state index is 12.5. The van der Waals surface area contributed by atoms with E-state index in [1.54, 1.807) is 0 Å². The number of carbonyl (C=O) groups is 2. The van der Waals surface area contributed by atoms with E-state index >= 15 is 0 Å². The van der Waals surface area contributed by atoms with E-state index in [1.165, 1.54) is 77.0 Å². The molecule has 3 atom stereocenters. The van der Waals surface area contributed by atoms with Gasteiger partial charge in [-0.25, -0.2) is 4.57 Å². The van der Waals surface area contributed by atoms with Crippen molar-refractivity contribution in [2.75, 3.05) is 26.4 Å². The lowest BCUT2D eigenvalue weighted by molar-refractivity contribution is -0.161. The third-order valence-corrected chi connectivity index (χ3v) is 9.29. The fourth-order valence-corrected chi connectivity index (χ4v) is 6.03. The highest BCUT2D eigenvalue weighted by atomic mass is 31.2. The number of rotatable bonds is 37. The van der Waals surface area contributed by atoms with Crippen LogP contribution >= 0.6 is 7.82 Å². The summed E-state index contributed by atoms with van der Waals surface area (Å²) in [6.07, 6.45) is 38.0. The van der Waals surface area contributed by atoms with E-state index in [4.69, 9.17) is 19.1 Å². The minimum Gasteiger partial charge on any atom is -0.462 e. The summed E-state index contributed by atoms with van der Waals surface area (Å²) in [5, 5.41) is 18.3. The second kappa shape index (κ2) is 37.3. The number of aliphatic hydroxyl groups is 2. The predicted molar refractivity (Wildman–Crippen MR) is 210 cm³/mol. The van der Waals surface area contributed by atoms with Gasteiger partial charge >= 0.3 is 19.8 Å². The monoisotopic (exact) mass is 756 g/mol. The lowest BCUT2D eigenvalue weighted by atomic mass is 10.0. The molecular weight excluding hydrogens is 683 g/mol. The van der Waals surface area contributed by atoms with Gasteiger partial charge in [0.1, 0.15) is 12.7 Å².